The first-order valence-electron chi connectivity index (χ1n) is 8.90. The smallest absolute Gasteiger partial charge is 0.228 e. The van der Waals surface area contributed by atoms with E-state index < -0.39 is 5.83 Å². The highest BCUT2D eigenvalue weighted by Gasteiger charge is 2.06. The van der Waals surface area contributed by atoms with Crippen LogP contribution >= 0.6 is 0 Å². The van der Waals surface area contributed by atoms with Crippen LogP contribution in [0.4, 0.5) is 10.1 Å². The predicted molar refractivity (Wildman–Crippen MR) is 111 cm³/mol. The average Bonchev–Trinajstić information content (AvgIpc) is 2.64. The third-order valence-electron chi connectivity index (χ3n) is 3.01. The highest BCUT2D eigenvalue weighted by atomic mass is 19.1. The van der Waals surface area contributed by atoms with Crippen molar-refractivity contribution in [2.24, 2.45) is 0 Å². The van der Waals surface area contributed by atoms with Crippen LogP contribution in [-0.2, 0) is 4.79 Å². The van der Waals surface area contributed by atoms with Crippen molar-refractivity contribution in [2.45, 2.75) is 41.0 Å². The lowest BCUT2D eigenvalue weighted by molar-refractivity contribution is -0.115. The normalized spacial score (nSPS) is 10.5. The topological polar surface area (TPSA) is 42.0 Å². The molecule has 26 heavy (non-hydrogen) atoms. The number of hydrogen-bond acceptors (Lipinski definition) is 2. The van der Waals surface area contributed by atoms with Gasteiger partial charge < -0.3 is 5.32 Å². The van der Waals surface area contributed by atoms with Gasteiger partial charge in [0.1, 0.15) is 5.83 Å². The van der Waals surface area contributed by atoms with Gasteiger partial charge in [-0.2, -0.15) is 0 Å². The minimum atomic E-state index is -0.570. The lowest BCUT2D eigenvalue weighted by Crippen LogP contribution is -2.11. The van der Waals surface area contributed by atoms with Crippen molar-refractivity contribution < 1.29 is 9.18 Å². The number of pyridine rings is 1. The number of halogens is 1. The Bertz CT molecular complexity index is 764. The van der Waals surface area contributed by atoms with Crippen molar-refractivity contribution in [1.82, 2.24) is 4.98 Å². The molecule has 140 valence electrons. The number of fused-ring (bicyclic) bond motifs is 1. The first-order chi connectivity index (χ1) is 12.6. The molecule has 1 N–H and O–H groups in total. The Kier molecular flexibility index (Phi) is 12.1. The van der Waals surface area contributed by atoms with Gasteiger partial charge in [-0.25, -0.2) is 4.39 Å². The number of nitrogens with zero attached hydrogens (tertiary/aromatic N) is 1. The predicted octanol–water partition coefficient (Wildman–Crippen LogP) is 6.60. The van der Waals surface area contributed by atoms with Gasteiger partial charge in [0.15, 0.2) is 0 Å². The quantitative estimate of drug-likeness (QED) is 0.613. The Morgan fingerprint density at radius 3 is 2.50 bits per heavy atom. The maximum absolute atomic E-state index is 12.9. The van der Waals surface area contributed by atoms with Crippen LogP contribution in [-0.4, -0.2) is 10.9 Å². The number of allylic oxidation sites excluding steroid dienone is 4. The van der Waals surface area contributed by atoms with Crippen molar-refractivity contribution >= 4 is 22.4 Å². The standard InChI is InChI=1S/C18H17FN2O.2C2H6/c1-3-4-14(9-13(2)19)10-18(22)21-17-6-5-16-12-20-8-7-15(16)11-17;2*1-2/h3-9,11-12H,2,10H2,1H3,(H,21,22);2*1-2H3/b4-3-,14-9+;;. The number of rotatable bonds is 5. The van der Waals surface area contributed by atoms with E-state index in [4.69, 9.17) is 0 Å². The molecule has 1 heterocycles. The summed E-state index contributed by atoms with van der Waals surface area (Å²) in [5.74, 6) is -0.780. The highest BCUT2D eigenvalue weighted by Crippen LogP contribution is 2.19. The van der Waals surface area contributed by atoms with Gasteiger partial charge in [0.25, 0.3) is 0 Å². The van der Waals surface area contributed by atoms with E-state index in [1.54, 1.807) is 24.5 Å². The number of amides is 1. The molecule has 0 unspecified atom stereocenters. The number of hydrogen-bond donors (Lipinski definition) is 1. The van der Waals surface area contributed by atoms with Crippen LogP contribution in [0, 0.1) is 0 Å². The van der Waals surface area contributed by atoms with Gasteiger partial charge in [0.05, 0.1) is 6.42 Å². The van der Waals surface area contributed by atoms with E-state index in [1.165, 1.54) is 6.08 Å². The number of carbonyl (C=O) groups excluding carboxylic acids is 1. The number of benzene rings is 1. The summed E-state index contributed by atoms with van der Waals surface area (Å²) < 4.78 is 12.9. The Balaban J connectivity index is 0.00000146. The number of nitrogens with one attached hydrogen (secondary N) is 1. The first kappa shape index (κ1) is 23.2. The summed E-state index contributed by atoms with van der Waals surface area (Å²) in [6.45, 7) is 13.0. The van der Waals surface area contributed by atoms with E-state index >= 15 is 0 Å². The van der Waals surface area contributed by atoms with Gasteiger partial charge in [-0.15, -0.1) is 0 Å². The summed E-state index contributed by atoms with van der Waals surface area (Å²) in [4.78, 5) is 16.1. The van der Waals surface area contributed by atoms with E-state index in [2.05, 4.69) is 16.9 Å². The second-order valence-corrected chi connectivity index (χ2v) is 4.83. The molecule has 1 aromatic heterocycles. The van der Waals surface area contributed by atoms with Crippen LogP contribution in [0.15, 0.2) is 72.9 Å². The Morgan fingerprint density at radius 1 is 1.19 bits per heavy atom. The zero-order valence-electron chi connectivity index (χ0n) is 16.3. The fourth-order valence-electron chi connectivity index (χ4n) is 2.12. The van der Waals surface area contributed by atoms with Crippen LogP contribution in [0.3, 0.4) is 0 Å². The molecule has 4 heteroatoms. The number of anilines is 1. The Labute approximate surface area is 156 Å². The molecular weight excluding hydrogens is 327 g/mol. The number of carbonyl (C=O) groups is 1. The molecule has 0 aliphatic rings. The van der Waals surface area contributed by atoms with Crippen LogP contribution in [0.5, 0.6) is 0 Å². The summed E-state index contributed by atoms with van der Waals surface area (Å²) in [6.07, 6.45) is 8.25. The van der Waals surface area contributed by atoms with Crippen LogP contribution in [0.1, 0.15) is 41.0 Å². The van der Waals surface area contributed by atoms with E-state index in [-0.39, 0.29) is 12.3 Å². The minimum absolute atomic E-state index is 0.0850. The van der Waals surface area contributed by atoms with Gasteiger partial charge >= 0.3 is 0 Å². The summed E-state index contributed by atoms with van der Waals surface area (Å²) in [6, 6.07) is 7.46. The zero-order chi connectivity index (χ0) is 19.9. The van der Waals surface area contributed by atoms with Crippen molar-refractivity contribution in [3.63, 3.8) is 0 Å². The van der Waals surface area contributed by atoms with Gasteiger partial charge in [-0.3, -0.25) is 9.78 Å². The summed E-state index contributed by atoms with van der Waals surface area (Å²) >= 11 is 0. The molecule has 0 spiro atoms. The molecule has 0 saturated heterocycles. The number of aromatic nitrogens is 1. The van der Waals surface area contributed by atoms with Crippen molar-refractivity contribution in [3.05, 3.63) is 72.9 Å². The summed E-state index contributed by atoms with van der Waals surface area (Å²) in [5, 5.41) is 4.81. The average molecular weight is 356 g/mol. The molecule has 3 nitrogen and oxygen atoms in total. The van der Waals surface area contributed by atoms with Crippen LogP contribution in [0.2, 0.25) is 0 Å². The lowest BCUT2D eigenvalue weighted by atomic mass is 10.1. The monoisotopic (exact) mass is 356 g/mol. The maximum atomic E-state index is 12.9. The largest absolute Gasteiger partial charge is 0.326 e. The third-order valence-corrected chi connectivity index (χ3v) is 3.01. The fourth-order valence-corrected chi connectivity index (χ4v) is 2.12. The lowest BCUT2D eigenvalue weighted by Gasteiger charge is -2.07. The molecule has 2 aromatic rings. The maximum Gasteiger partial charge on any atom is 0.228 e. The molecule has 0 atom stereocenters. The summed E-state index contributed by atoms with van der Waals surface area (Å²) in [7, 11) is 0. The van der Waals surface area contributed by atoms with Gasteiger partial charge in [-0.1, -0.05) is 52.5 Å². The van der Waals surface area contributed by atoms with Crippen molar-refractivity contribution in [2.75, 3.05) is 5.32 Å². The Morgan fingerprint density at radius 2 is 1.88 bits per heavy atom. The molecule has 0 radical (unpaired) electrons. The van der Waals surface area contributed by atoms with E-state index in [0.29, 0.717) is 11.3 Å². The molecular formula is C22H29FN2O. The van der Waals surface area contributed by atoms with Gasteiger partial charge in [0.2, 0.25) is 5.91 Å². The highest BCUT2D eigenvalue weighted by molar-refractivity contribution is 5.95. The van der Waals surface area contributed by atoms with Crippen molar-refractivity contribution in [1.29, 1.82) is 0 Å². The van der Waals surface area contributed by atoms with Gasteiger partial charge in [0, 0.05) is 23.5 Å². The van der Waals surface area contributed by atoms with E-state index in [1.807, 2.05) is 58.9 Å². The Hall–Kier alpha value is -2.75. The van der Waals surface area contributed by atoms with E-state index in [9.17, 15) is 9.18 Å². The van der Waals surface area contributed by atoms with Crippen LogP contribution < -0.4 is 5.32 Å². The van der Waals surface area contributed by atoms with E-state index in [0.717, 1.165) is 10.8 Å². The fraction of sp³-hybridized carbons (Fsp3) is 0.273. The summed E-state index contributed by atoms with van der Waals surface area (Å²) in [5.41, 5.74) is 1.26. The molecule has 0 aliphatic carbocycles. The molecule has 0 saturated carbocycles. The second-order valence-electron chi connectivity index (χ2n) is 4.83. The second kappa shape index (κ2) is 13.5. The van der Waals surface area contributed by atoms with Gasteiger partial charge in [-0.05, 0) is 42.2 Å². The van der Waals surface area contributed by atoms with Crippen molar-refractivity contribution in [3.8, 4) is 0 Å². The minimum Gasteiger partial charge on any atom is -0.326 e. The van der Waals surface area contributed by atoms with Crippen LogP contribution in [0.25, 0.3) is 10.8 Å². The SMILES string of the molecule is C=C(F)/C=C(\C=C/C)CC(=O)Nc1ccc2cnccc2c1.CC.CC. The molecule has 1 amide bonds. The molecule has 0 aliphatic heterocycles. The molecule has 0 fully saturated rings. The molecule has 0 bridgehead atoms. The zero-order valence-corrected chi connectivity index (χ0v) is 16.3. The molecule has 1 aromatic carbocycles. The molecule has 2 rings (SSSR count). The first-order valence-corrected chi connectivity index (χ1v) is 8.90. The third kappa shape index (κ3) is 8.38.